The highest BCUT2D eigenvalue weighted by Crippen LogP contribution is 2.26. The summed E-state index contributed by atoms with van der Waals surface area (Å²) in [5.74, 6) is -3.69. The molecule has 0 unspecified atom stereocenters. The summed E-state index contributed by atoms with van der Waals surface area (Å²) in [4.78, 5) is 38.4. The number of rotatable bonds is 6. The molecule has 33 heavy (non-hydrogen) atoms. The number of thiazole rings is 1. The molecule has 172 valence electrons. The lowest BCUT2D eigenvalue weighted by atomic mass is 10.1. The summed E-state index contributed by atoms with van der Waals surface area (Å²) in [6.45, 7) is 1.34. The predicted molar refractivity (Wildman–Crippen MR) is 116 cm³/mol. The van der Waals surface area contributed by atoms with Gasteiger partial charge >= 0.3 is 12.0 Å². The van der Waals surface area contributed by atoms with E-state index in [2.05, 4.69) is 25.0 Å². The van der Waals surface area contributed by atoms with Gasteiger partial charge in [0.1, 0.15) is 23.4 Å². The first-order valence-corrected chi connectivity index (χ1v) is 10.9. The average molecular weight is 475 g/mol. The number of carbonyl (C=O) groups is 2. The van der Waals surface area contributed by atoms with Gasteiger partial charge in [0.05, 0.1) is 18.4 Å². The molecule has 3 aromatic rings. The van der Waals surface area contributed by atoms with Gasteiger partial charge in [0, 0.05) is 49.8 Å². The second-order valence-electron chi connectivity index (χ2n) is 7.11. The van der Waals surface area contributed by atoms with Crippen molar-refractivity contribution in [2.45, 2.75) is 18.9 Å². The lowest BCUT2D eigenvalue weighted by molar-refractivity contribution is 0.0595. The predicted octanol–water partition coefficient (Wildman–Crippen LogP) is 3.30. The molecule has 0 saturated carbocycles. The summed E-state index contributed by atoms with van der Waals surface area (Å²) in [5, 5.41) is 4.47. The maximum absolute atomic E-state index is 14.3. The van der Waals surface area contributed by atoms with Crippen LogP contribution in [0.2, 0.25) is 0 Å². The van der Waals surface area contributed by atoms with Crippen molar-refractivity contribution in [2.24, 2.45) is 0 Å². The summed E-state index contributed by atoms with van der Waals surface area (Å²) in [6.07, 6.45) is 4.69. The van der Waals surface area contributed by atoms with Gasteiger partial charge in [0.15, 0.2) is 5.13 Å². The molecule has 1 N–H and O–H groups in total. The Labute approximate surface area is 191 Å². The number of carbonyl (C=O) groups excluding carboxylic acids is 2. The number of hydrogen-bond acceptors (Lipinski definition) is 9. The lowest BCUT2D eigenvalue weighted by Gasteiger charge is -2.31. The molecule has 0 spiro atoms. The summed E-state index contributed by atoms with van der Waals surface area (Å²) in [7, 11) is 1.06. The van der Waals surface area contributed by atoms with Crippen LogP contribution in [-0.4, -0.2) is 53.1 Å². The van der Waals surface area contributed by atoms with Crippen molar-refractivity contribution in [2.75, 3.05) is 30.4 Å². The number of benzene rings is 1. The van der Waals surface area contributed by atoms with Gasteiger partial charge in [-0.1, -0.05) is 0 Å². The topological polar surface area (TPSA) is 107 Å². The Balaban J connectivity index is 1.36. The van der Waals surface area contributed by atoms with Crippen LogP contribution in [-0.2, 0) is 4.74 Å². The fourth-order valence-corrected chi connectivity index (χ4v) is 4.13. The van der Waals surface area contributed by atoms with E-state index >= 15 is 0 Å². The fraction of sp³-hybridized carbons (Fsp3) is 0.286. The van der Waals surface area contributed by atoms with Gasteiger partial charge in [0.25, 0.3) is 5.91 Å². The maximum atomic E-state index is 14.3. The molecule has 1 amide bonds. The molecule has 0 atom stereocenters. The fourth-order valence-electron chi connectivity index (χ4n) is 3.27. The van der Waals surface area contributed by atoms with Crippen LogP contribution < -0.4 is 15.0 Å². The molecule has 1 aliphatic heterocycles. The van der Waals surface area contributed by atoms with Gasteiger partial charge in [-0.2, -0.15) is 0 Å². The second-order valence-corrected chi connectivity index (χ2v) is 7.95. The van der Waals surface area contributed by atoms with E-state index in [1.54, 1.807) is 23.8 Å². The zero-order valence-corrected chi connectivity index (χ0v) is 18.3. The number of nitrogens with zero attached hydrogens (tertiary/aromatic N) is 4. The third-order valence-corrected chi connectivity index (χ3v) is 5.86. The highest BCUT2D eigenvalue weighted by Gasteiger charge is 2.24. The number of nitrogens with one attached hydrogen (secondary N) is 1. The first-order chi connectivity index (χ1) is 15.9. The van der Waals surface area contributed by atoms with E-state index in [1.807, 2.05) is 4.90 Å². The molecule has 0 bridgehead atoms. The van der Waals surface area contributed by atoms with Crippen molar-refractivity contribution >= 4 is 34.0 Å². The molecular weight excluding hydrogens is 456 g/mol. The smallest absolute Gasteiger partial charge is 0.340 e. The zero-order chi connectivity index (χ0) is 23.4. The Morgan fingerprint density at radius 3 is 2.58 bits per heavy atom. The first-order valence-electron chi connectivity index (χ1n) is 9.97. The normalized spacial score (nSPS) is 14.1. The molecule has 0 radical (unpaired) electrons. The van der Waals surface area contributed by atoms with Crippen LogP contribution in [0, 0.1) is 11.6 Å². The van der Waals surface area contributed by atoms with Gasteiger partial charge < -0.3 is 19.7 Å². The lowest BCUT2D eigenvalue weighted by Crippen LogP contribution is -2.38. The third kappa shape index (κ3) is 5.22. The maximum Gasteiger partial charge on any atom is 0.340 e. The Hall–Kier alpha value is -3.67. The van der Waals surface area contributed by atoms with Crippen molar-refractivity contribution in [1.29, 1.82) is 0 Å². The molecule has 1 saturated heterocycles. The largest absolute Gasteiger partial charge is 0.465 e. The Kier molecular flexibility index (Phi) is 6.73. The van der Waals surface area contributed by atoms with Crippen LogP contribution in [0.25, 0.3) is 0 Å². The number of aromatic nitrogens is 3. The third-order valence-electron chi connectivity index (χ3n) is 4.96. The van der Waals surface area contributed by atoms with E-state index in [4.69, 9.17) is 4.74 Å². The number of hydrogen-bond donors (Lipinski definition) is 1. The quantitative estimate of drug-likeness (QED) is 0.542. The van der Waals surface area contributed by atoms with Crippen molar-refractivity contribution in [3.63, 3.8) is 0 Å². The average Bonchev–Trinajstić information content (AvgIpc) is 3.32. The van der Waals surface area contributed by atoms with Crippen molar-refractivity contribution in [1.82, 2.24) is 15.0 Å². The molecule has 4 rings (SSSR count). The van der Waals surface area contributed by atoms with E-state index in [0.717, 1.165) is 26.0 Å². The van der Waals surface area contributed by atoms with E-state index < -0.39 is 34.8 Å². The number of piperidine rings is 1. The van der Waals surface area contributed by atoms with Crippen LogP contribution in [0.15, 0.2) is 36.0 Å². The Bertz CT molecular complexity index is 1150. The number of amides is 1. The Morgan fingerprint density at radius 1 is 1.15 bits per heavy atom. The summed E-state index contributed by atoms with van der Waals surface area (Å²) < 4.78 is 38.5. The molecule has 2 aromatic heterocycles. The zero-order valence-electron chi connectivity index (χ0n) is 17.5. The van der Waals surface area contributed by atoms with Gasteiger partial charge in [-0.05, 0) is 12.1 Å². The number of ether oxygens (including phenoxy) is 2. The molecule has 1 aromatic carbocycles. The van der Waals surface area contributed by atoms with E-state index in [1.165, 1.54) is 11.3 Å². The molecule has 12 heteroatoms. The van der Waals surface area contributed by atoms with Crippen LogP contribution in [0.5, 0.6) is 6.01 Å². The van der Waals surface area contributed by atoms with Crippen molar-refractivity contribution in [3.05, 3.63) is 58.9 Å². The number of methoxy groups -OCH3 is 1. The monoisotopic (exact) mass is 475 g/mol. The minimum Gasteiger partial charge on any atom is -0.465 e. The minimum absolute atomic E-state index is 0.0165. The van der Waals surface area contributed by atoms with Crippen LogP contribution in [0.4, 0.5) is 19.6 Å². The SMILES string of the molecule is COC(=O)c1cc(F)c(NC(=O)c2csc(N3CCC(Oc4ncccn4)CC3)n2)cc1F. The van der Waals surface area contributed by atoms with Crippen LogP contribution >= 0.6 is 11.3 Å². The highest BCUT2D eigenvalue weighted by molar-refractivity contribution is 7.14. The van der Waals surface area contributed by atoms with Gasteiger partial charge in [0.2, 0.25) is 0 Å². The van der Waals surface area contributed by atoms with Crippen LogP contribution in [0.1, 0.15) is 33.7 Å². The molecule has 3 heterocycles. The van der Waals surface area contributed by atoms with Gasteiger partial charge in [-0.15, -0.1) is 11.3 Å². The molecule has 9 nitrogen and oxygen atoms in total. The Morgan fingerprint density at radius 2 is 1.88 bits per heavy atom. The molecule has 0 aliphatic carbocycles. The number of esters is 1. The van der Waals surface area contributed by atoms with E-state index in [9.17, 15) is 18.4 Å². The minimum atomic E-state index is -1.01. The van der Waals surface area contributed by atoms with Gasteiger partial charge in [-0.3, -0.25) is 4.79 Å². The number of anilines is 2. The number of halogens is 2. The molecule has 1 fully saturated rings. The van der Waals surface area contributed by atoms with Crippen molar-refractivity contribution < 1.29 is 27.8 Å². The highest BCUT2D eigenvalue weighted by atomic mass is 32.1. The molecule has 1 aliphatic rings. The van der Waals surface area contributed by atoms with Crippen molar-refractivity contribution in [3.8, 4) is 6.01 Å². The van der Waals surface area contributed by atoms with E-state index in [0.29, 0.717) is 30.3 Å². The summed E-state index contributed by atoms with van der Waals surface area (Å²) in [5.41, 5.74) is -0.890. The second kappa shape index (κ2) is 9.86. The molecular formula is C21H19F2N5O4S. The van der Waals surface area contributed by atoms with Gasteiger partial charge in [-0.25, -0.2) is 28.5 Å². The summed E-state index contributed by atoms with van der Waals surface area (Å²) >= 11 is 1.28. The standard InChI is InChI=1S/C21H19F2N5O4S/c1-31-19(30)13-9-15(23)16(10-14(13)22)26-18(29)17-11-33-21(27-17)28-7-3-12(4-8-28)32-20-24-5-2-6-25-20/h2,5-6,9-12H,3-4,7-8H2,1H3,(H,26,29). The van der Waals surface area contributed by atoms with Crippen LogP contribution in [0.3, 0.4) is 0 Å². The first kappa shape index (κ1) is 22.5. The van der Waals surface area contributed by atoms with E-state index in [-0.39, 0.29) is 11.8 Å². The summed E-state index contributed by atoms with van der Waals surface area (Å²) in [6, 6.07) is 3.46.